The number of aliphatic hydroxyl groups excluding tert-OH is 1. The van der Waals surface area contributed by atoms with Crippen LogP contribution in [0.2, 0.25) is 0 Å². The van der Waals surface area contributed by atoms with Gasteiger partial charge in [0.1, 0.15) is 6.61 Å². The van der Waals surface area contributed by atoms with Gasteiger partial charge in [0, 0.05) is 18.5 Å². The SMILES string of the molecule is CCC(C)(C)C(=O)OCCNC1CCCCC1C(O)O. The quantitative estimate of drug-likeness (QED) is 0.375. The number of nitrogens with one attached hydrogen (secondary N) is 1. The first-order chi connectivity index (χ1) is 9.38. The molecule has 1 aliphatic carbocycles. The Labute approximate surface area is 121 Å². The van der Waals surface area contributed by atoms with E-state index >= 15 is 0 Å². The zero-order valence-electron chi connectivity index (χ0n) is 12.9. The van der Waals surface area contributed by atoms with Crippen molar-refractivity contribution < 1.29 is 19.7 Å². The van der Waals surface area contributed by atoms with Crippen molar-refractivity contribution in [3.05, 3.63) is 0 Å². The number of carbonyl (C=O) groups is 1. The average molecular weight is 287 g/mol. The number of esters is 1. The van der Waals surface area contributed by atoms with E-state index in [1.807, 2.05) is 20.8 Å². The molecule has 1 aliphatic rings. The fourth-order valence-electron chi connectivity index (χ4n) is 2.50. The fraction of sp³-hybridized carbons (Fsp3) is 0.933. The van der Waals surface area contributed by atoms with Crippen LogP contribution in [0.3, 0.4) is 0 Å². The summed E-state index contributed by atoms with van der Waals surface area (Å²) in [5, 5.41) is 22.0. The van der Waals surface area contributed by atoms with Crippen molar-refractivity contribution in [3.8, 4) is 0 Å². The van der Waals surface area contributed by atoms with Gasteiger partial charge in [-0.2, -0.15) is 0 Å². The lowest BCUT2D eigenvalue weighted by Gasteiger charge is -2.33. The average Bonchev–Trinajstić information content (AvgIpc) is 2.43. The maximum atomic E-state index is 11.8. The topological polar surface area (TPSA) is 78.8 Å². The van der Waals surface area contributed by atoms with Crippen molar-refractivity contribution in [2.45, 2.75) is 65.2 Å². The fourth-order valence-corrected chi connectivity index (χ4v) is 2.50. The highest BCUT2D eigenvalue weighted by atomic mass is 16.5. The van der Waals surface area contributed by atoms with E-state index in [1.54, 1.807) is 0 Å². The zero-order valence-corrected chi connectivity index (χ0v) is 12.9. The normalized spacial score (nSPS) is 23.9. The molecule has 118 valence electrons. The van der Waals surface area contributed by atoms with Crippen LogP contribution < -0.4 is 5.32 Å². The van der Waals surface area contributed by atoms with Crippen LogP contribution in [0.25, 0.3) is 0 Å². The number of hydrogen-bond acceptors (Lipinski definition) is 5. The summed E-state index contributed by atoms with van der Waals surface area (Å²) in [5.74, 6) is -0.296. The number of aliphatic hydroxyl groups is 2. The first-order valence-corrected chi connectivity index (χ1v) is 7.65. The zero-order chi connectivity index (χ0) is 15.2. The Hall–Kier alpha value is -0.650. The molecule has 1 fully saturated rings. The maximum Gasteiger partial charge on any atom is 0.311 e. The van der Waals surface area contributed by atoms with Crippen molar-refractivity contribution >= 4 is 5.97 Å². The molecule has 0 amide bonds. The van der Waals surface area contributed by atoms with E-state index < -0.39 is 11.7 Å². The number of ether oxygens (including phenoxy) is 1. The Balaban J connectivity index is 2.28. The first kappa shape index (κ1) is 17.4. The lowest BCUT2D eigenvalue weighted by molar-refractivity contribution is -0.154. The molecule has 0 spiro atoms. The van der Waals surface area contributed by atoms with Gasteiger partial charge < -0.3 is 20.3 Å². The van der Waals surface area contributed by atoms with Crippen LogP contribution in [-0.2, 0) is 9.53 Å². The third kappa shape index (κ3) is 5.04. The summed E-state index contributed by atoms with van der Waals surface area (Å²) in [5.41, 5.74) is -0.436. The van der Waals surface area contributed by atoms with Crippen LogP contribution >= 0.6 is 0 Å². The lowest BCUT2D eigenvalue weighted by atomic mass is 9.84. The molecule has 2 atom stereocenters. The van der Waals surface area contributed by atoms with Crippen molar-refractivity contribution in [1.29, 1.82) is 0 Å². The highest BCUT2D eigenvalue weighted by molar-refractivity contribution is 5.75. The number of carbonyl (C=O) groups excluding carboxylic acids is 1. The van der Waals surface area contributed by atoms with Gasteiger partial charge in [-0.25, -0.2) is 0 Å². The third-order valence-corrected chi connectivity index (χ3v) is 4.38. The second-order valence-electron chi connectivity index (χ2n) is 6.30. The third-order valence-electron chi connectivity index (χ3n) is 4.38. The molecule has 0 aliphatic heterocycles. The van der Waals surface area contributed by atoms with Crippen LogP contribution in [0.1, 0.15) is 52.9 Å². The summed E-state index contributed by atoms with van der Waals surface area (Å²) in [6.45, 7) is 6.60. The van der Waals surface area contributed by atoms with E-state index in [0.717, 1.165) is 32.1 Å². The summed E-state index contributed by atoms with van der Waals surface area (Å²) in [6.07, 6.45) is 3.40. The molecule has 5 nitrogen and oxygen atoms in total. The van der Waals surface area contributed by atoms with E-state index in [9.17, 15) is 15.0 Å². The molecule has 3 N–H and O–H groups in total. The van der Waals surface area contributed by atoms with Crippen molar-refractivity contribution in [1.82, 2.24) is 5.32 Å². The molecule has 2 unspecified atom stereocenters. The van der Waals surface area contributed by atoms with Crippen molar-refractivity contribution in [3.63, 3.8) is 0 Å². The summed E-state index contributed by atoms with van der Waals surface area (Å²) in [6, 6.07) is 0.0987. The van der Waals surface area contributed by atoms with E-state index in [-0.39, 0.29) is 17.9 Å². The Morgan fingerprint density at radius 1 is 1.35 bits per heavy atom. The molecule has 0 aromatic rings. The predicted octanol–water partition coefficient (Wildman–Crippen LogP) is 1.42. The molecule has 1 rings (SSSR count). The van der Waals surface area contributed by atoms with Crippen LogP contribution in [0.5, 0.6) is 0 Å². The molecule has 0 bridgehead atoms. The van der Waals surface area contributed by atoms with Crippen LogP contribution in [0.4, 0.5) is 0 Å². The van der Waals surface area contributed by atoms with E-state index in [0.29, 0.717) is 13.2 Å². The second kappa shape index (κ2) is 7.96. The molecule has 0 aromatic carbocycles. The van der Waals surface area contributed by atoms with Gasteiger partial charge in [0.2, 0.25) is 0 Å². The van der Waals surface area contributed by atoms with E-state index in [1.165, 1.54) is 0 Å². The molecule has 0 radical (unpaired) electrons. The van der Waals surface area contributed by atoms with Gasteiger partial charge in [0.25, 0.3) is 0 Å². The van der Waals surface area contributed by atoms with Gasteiger partial charge in [0.15, 0.2) is 6.29 Å². The van der Waals surface area contributed by atoms with Gasteiger partial charge >= 0.3 is 5.97 Å². The van der Waals surface area contributed by atoms with Gasteiger partial charge in [-0.1, -0.05) is 19.8 Å². The molecule has 0 aromatic heterocycles. The first-order valence-electron chi connectivity index (χ1n) is 7.65. The molecule has 20 heavy (non-hydrogen) atoms. The predicted molar refractivity (Wildman–Crippen MR) is 77.0 cm³/mol. The van der Waals surface area contributed by atoms with Gasteiger partial charge in [-0.05, 0) is 33.1 Å². The van der Waals surface area contributed by atoms with Gasteiger partial charge in [0.05, 0.1) is 5.41 Å². The summed E-state index contributed by atoms with van der Waals surface area (Å²) in [7, 11) is 0. The Morgan fingerprint density at radius 2 is 2.00 bits per heavy atom. The Morgan fingerprint density at radius 3 is 2.60 bits per heavy atom. The molecule has 0 heterocycles. The largest absolute Gasteiger partial charge is 0.464 e. The minimum Gasteiger partial charge on any atom is -0.464 e. The highest BCUT2D eigenvalue weighted by Gasteiger charge is 2.30. The van der Waals surface area contributed by atoms with Crippen molar-refractivity contribution in [2.24, 2.45) is 11.3 Å². The minimum absolute atomic E-state index is 0.0987. The summed E-state index contributed by atoms with van der Waals surface area (Å²) < 4.78 is 5.26. The smallest absolute Gasteiger partial charge is 0.311 e. The van der Waals surface area contributed by atoms with Gasteiger partial charge in [-0.3, -0.25) is 4.79 Å². The highest BCUT2D eigenvalue weighted by Crippen LogP contribution is 2.26. The Bertz CT molecular complexity index is 304. The van der Waals surface area contributed by atoms with Crippen LogP contribution in [-0.4, -0.2) is 41.7 Å². The van der Waals surface area contributed by atoms with E-state index in [2.05, 4.69) is 5.32 Å². The minimum atomic E-state index is -1.27. The Kier molecular flexibility index (Phi) is 6.92. The standard InChI is InChI=1S/C15H29NO4/c1-4-15(2,3)14(19)20-10-9-16-12-8-6-5-7-11(12)13(17)18/h11-13,16-18H,4-10H2,1-3H3. The molecule has 5 heteroatoms. The summed E-state index contributed by atoms with van der Waals surface area (Å²) >= 11 is 0. The molecular formula is C15H29NO4. The second-order valence-corrected chi connectivity index (χ2v) is 6.30. The van der Waals surface area contributed by atoms with Crippen LogP contribution in [0.15, 0.2) is 0 Å². The van der Waals surface area contributed by atoms with E-state index in [4.69, 9.17) is 4.74 Å². The number of hydrogen-bond donors (Lipinski definition) is 3. The summed E-state index contributed by atoms with van der Waals surface area (Å²) in [4.78, 5) is 11.8. The molecule has 1 saturated carbocycles. The lowest BCUT2D eigenvalue weighted by Crippen LogP contribution is -2.45. The van der Waals surface area contributed by atoms with Crippen LogP contribution in [0, 0.1) is 11.3 Å². The molecular weight excluding hydrogens is 258 g/mol. The van der Waals surface area contributed by atoms with Crippen molar-refractivity contribution in [2.75, 3.05) is 13.2 Å². The van der Waals surface area contributed by atoms with Gasteiger partial charge in [-0.15, -0.1) is 0 Å². The molecule has 0 saturated heterocycles. The maximum absolute atomic E-state index is 11.8. The number of rotatable bonds is 7. The monoisotopic (exact) mass is 287 g/mol.